The topological polar surface area (TPSA) is 75.5 Å². The molecule has 25 heavy (non-hydrogen) atoms. The fraction of sp³-hybridized carbons (Fsp3) is 0.765. The van der Waals surface area contributed by atoms with Crippen molar-refractivity contribution in [1.29, 1.82) is 0 Å². The molecular formula is C17H28N4O3S. The van der Waals surface area contributed by atoms with Crippen molar-refractivity contribution < 1.29 is 13.2 Å². The van der Waals surface area contributed by atoms with Crippen LogP contribution in [0.1, 0.15) is 44.9 Å². The van der Waals surface area contributed by atoms with Gasteiger partial charge in [0.05, 0.1) is 6.20 Å². The molecule has 3 rings (SSSR count). The second-order valence-corrected chi connectivity index (χ2v) is 9.12. The van der Waals surface area contributed by atoms with Gasteiger partial charge in [-0.15, -0.1) is 0 Å². The van der Waals surface area contributed by atoms with Crippen LogP contribution < -0.4 is 0 Å². The Hall–Kier alpha value is -1.41. The fourth-order valence-electron chi connectivity index (χ4n) is 3.85. The molecule has 0 N–H and O–H groups in total. The van der Waals surface area contributed by atoms with Gasteiger partial charge in [-0.3, -0.25) is 9.48 Å². The molecule has 0 bridgehead atoms. The lowest BCUT2D eigenvalue weighted by molar-refractivity contribution is -0.131. The van der Waals surface area contributed by atoms with Crippen LogP contribution in [-0.2, 0) is 21.9 Å². The van der Waals surface area contributed by atoms with E-state index in [-0.39, 0.29) is 10.8 Å². The summed E-state index contributed by atoms with van der Waals surface area (Å²) < 4.78 is 28.4. The van der Waals surface area contributed by atoms with E-state index in [1.165, 1.54) is 47.1 Å². The molecule has 0 radical (unpaired) electrons. The van der Waals surface area contributed by atoms with Crippen molar-refractivity contribution in [2.75, 3.05) is 26.2 Å². The van der Waals surface area contributed by atoms with E-state index in [1.54, 1.807) is 7.05 Å². The van der Waals surface area contributed by atoms with Crippen LogP contribution in [0.15, 0.2) is 17.3 Å². The highest BCUT2D eigenvalue weighted by atomic mass is 32.2. The van der Waals surface area contributed by atoms with Crippen LogP contribution in [0.4, 0.5) is 0 Å². The Kier molecular flexibility index (Phi) is 5.78. The Morgan fingerprint density at radius 1 is 1.16 bits per heavy atom. The highest BCUT2D eigenvalue weighted by Gasteiger charge is 2.29. The van der Waals surface area contributed by atoms with E-state index in [0.29, 0.717) is 44.9 Å². The molecule has 1 aliphatic carbocycles. The maximum absolute atomic E-state index is 12.7. The van der Waals surface area contributed by atoms with Crippen molar-refractivity contribution in [2.24, 2.45) is 13.0 Å². The average Bonchev–Trinajstić information content (AvgIpc) is 3.19. The molecule has 1 amide bonds. The van der Waals surface area contributed by atoms with E-state index >= 15 is 0 Å². The van der Waals surface area contributed by atoms with Gasteiger partial charge in [-0.05, 0) is 18.8 Å². The van der Waals surface area contributed by atoms with Gasteiger partial charge >= 0.3 is 0 Å². The zero-order valence-electron chi connectivity index (χ0n) is 14.9. The lowest BCUT2D eigenvalue weighted by atomic mass is 10.0. The molecule has 1 saturated heterocycles. The zero-order valence-corrected chi connectivity index (χ0v) is 15.7. The summed E-state index contributed by atoms with van der Waals surface area (Å²) in [5.41, 5.74) is 0. The number of aryl methyl sites for hydroxylation is 1. The Labute approximate surface area is 150 Å². The predicted octanol–water partition coefficient (Wildman–Crippen LogP) is 1.61. The number of hydrogen-bond acceptors (Lipinski definition) is 4. The van der Waals surface area contributed by atoms with Crippen LogP contribution in [0.5, 0.6) is 0 Å². The third-order valence-electron chi connectivity index (χ3n) is 5.37. The molecule has 1 aromatic rings. The van der Waals surface area contributed by atoms with Crippen molar-refractivity contribution in [3.8, 4) is 0 Å². The van der Waals surface area contributed by atoms with Crippen LogP contribution in [-0.4, -0.2) is 59.5 Å². The first-order chi connectivity index (χ1) is 12.0. The van der Waals surface area contributed by atoms with Gasteiger partial charge in [-0.2, -0.15) is 9.40 Å². The summed E-state index contributed by atoms with van der Waals surface area (Å²) in [6.07, 6.45) is 10.2. The number of rotatable bonds is 5. The molecule has 1 aliphatic heterocycles. The molecular weight excluding hydrogens is 340 g/mol. The molecule has 0 atom stereocenters. The van der Waals surface area contributed by atoms with Crippen LogP contribution in [0.3, 0.4) is 0 Å². The third kappa shape index (κ3) is 4.41. The summed E-state index contributed by atoms with van der Waals surface area (Å²) >= 11 is 0. The number of carbonyl (C=O) groups excluding carboxylic acids is 1. The standard InChI is InChI=1S/C17H28N4O3S/c1-19-14-16(13-18-19)25(23,24)21-10-4-9-20(11-12-21)17(22)8-7-15-5-2-3-6-15/h13-15H,2-12H2,1H3. The molecule has 0 unspecified atom stereocenters. The highest BCUT2D eigenvalue weighted by molar-refractivity contribution is 7.89. The first kappa shape index (κ1) is 18.4. The molecule has 140 valence electrons. The van der Waals surface area contributed by atoms with Crippen molar-refractivity contribution in [2.45, 2.75) is 49.8 Å². The number of carbonyl (C=O) groups is 1. The van der Waals surface area contributed by atoms with E-state index in [1.807, 2.05) is 4.90 Å². The summed E-state index contributed by atoms with van der Waals surface area (Å²) in [5.74, 6) is 0.880. The van der Waals surface area contributed by atoms with Crippen LogP contribution in [0, 0.1) is 5.92 Å². The van der Waals surface area contributed by atoms with Gasteiger partial charge in [-0.25, -0.2) is 8.42 Å². The van der Waals surface area contributed by atoms with Gasteiger partial charge in [0.25, 0.3) is 0 Å². The molecule has 8 heteroatoms. The molecule has 2 aliphatic rings. The lowest BCUT2D eigenvalue weighted by Crippen LogP contribution is -2.37. The number of aromatic nitrogens is 2. The molecule has 0 spiro atoms. The minimum Gasteiger partial charge on any atom is -0.341 e. The third-order valence-corrected chi connectivity index (χ3v) is 7.22. The van der Waals surface area contributed by atoms with E-state index in [4.69, 9.17) is 0 Å². The molecule has 2 fully saturated rings. The average molecular weight is 369 g/mol. The lowest BCUT2D eigenvalue weighted by Gasteiger charge is -2.22. The number of amides is 1. The van der Waals surface area contributed by atoms with E-state index in [9.17, 15) is 13.2 Å². The largest absolute Gasteiger partial charge is 0.341 e. The monoisotopic (exact) mass is 368 g/mol. The second kappa shape index (κ2) is 7.86. The summed E-state index contributed by atoms with van der Waals surface area (Å²) in [5, 5.41) is 3.95. The maximum atomic E-state index is 12.7. The van der Waals surface area contributed by atoms with Crippen molar-refractivity contribution >= 4 is 15.9 Å². The van der Waals surface area contributed by atoms with Crippen LogP contribution in [0.25, 0.3) is 0 Å². The Bertz CT molecular complexity index is 695. The van der Waals surface area contributed by atoms with Crippen LogP contribution >= 0.6 is 0 Å². The smallest absolute Gasteiger partial charge is 0.246 e. The van der Waals surface area contributed by atoms with Crippen LogP contribution in [0.2, 0.25) is 0 Å². The van der Waals surface area contributed by atoms with Gasteiger partial charge in [0, 0.05) is 45.8 Å². The van der Waals surface area contributed by atoms with Gasteiger partial charge in [0.15, 0.2) is 0 Å². The Morgan fingerprint density at radius 3 is 2.60 bits per heavy atom. The SMILES string of the molecule is Cn1cc(S(=O)(=O)N2CCCN(C(=O)CCC3CCCC3)CC2)cn1. The molecule has 7 nitrogen and oxygen atoms in total. The second-order valence-electron chi connectivity index (χ2n) is 7.18. The van der Waals surface area contributed by atoms with E-state index in [0.717, 1.165) is 6.42 Å². The van der Waals surface area contributed by atoms with Gasteiger partial charge in [0.2, 0.25) is 15.9 Å². The Morgan fingerprint density at radius 2 is 1.92 bits per heavy atom. The first-order valence-electron chi connectivity index (χ1n) is 9.23. The molecule has 0 aromatic carbocycles. The van der Waals surface area contributed by atoms with Gasteiger partial charge in [0.1, 0.15) is 4.90 Å². The van der Waals surface area contributed by atoms with Gasteiger partial charge in [-0.1, -0.05) is 25.7 Å². The number of sulfonamides is 1. The van der Waals surface area contributed by atoms with E-state index < -0.39 is 10.0 Å². The van der Waals surface area contributed by atoms with E-state index in [2.05, 4.69) is 5.10 Å². The summed E-state index contributed by atoms with van der Waals surface area (Å²) in [6, 6.07) is 0. The first-order valence-corrected chi connectivity index (χ1v) is 10.7. The summed E-state index contributed by atoms with van der Waals surface area (Å²) in [4.78, 5) is 14.5. The van der Waals surface area contributed by atoms with Crippen molar-refractivity contribution in [1.82, 2.24) is 19.0 Å². The molecule has 1 aromatic heterocycles. The molecule has 2 heterocycles. The maximum Gasteiger partial charge on any atom is 0.246 e. The quantitative estimate of drug-likeness (QED) is 0.791. The minimum absolute atomic E-state index is 0.174. The zero-order chi connectivity index (χ0) is 17.9. The summed E-state index contributed by atoms with van der Waals surface area (Å²) in [7, 11) is -1.83. The molecule has 1 saturated carbocycles. The fourth-order valence-corrected chi connectivity index (χ4v) is 5.31. The number of nitrogens with zero attached hydrogens (tertiary/aromatic N) is 4. The predicted molar refractivity (Wildman–Crippen MR) is 94.4 cm³/mol. The number of hydrogen-bond donors (Lipinski definition) is 0. The van der Waals surface area contributed by atoms with Gasteiger partial charge < -0.3 is 4.90 Å². The normalized spacial score (nSPS) is 20.8. The van der Waals surface area contributed by atoms with Crippen molar-refractivity contribution in [3.05, 3.63) is 12.4 Å². The highest BCUT2D eigenvalue weighted by Crippen LogP contribution is 2.28. The minimum atomic E-state index is -3.53. The van der Waals surface area contributed by atoms with Crippen molar-refractivity contribution in [3.63, 3.8) is 0 Å². The Balaban J connectivity index is 1.55. The summed E-state index contributed by atoms with van der Waals surface area (Å²) in [6.45, 7) is 1.92.